The number of carbonyl (C=O) groups is 1. The summed E-state index contributed by atoms with van der Waals surface area (Å²) in [6.07, 6.45) is 3.41. The van der Waals surface area contributed by atoms with E-state index in [1.165, 1.54) is 6.42 Å². The van der Waals surface area contributed by atoms with Crippen LogP contribution < -0.4 is 15.4 Å². The monoisotopic (exact) mass is 292 g/mol. The van der Waals surface area contributed by atoms with E-state index in [1.807, 2.05) is 24.3 Å². The van der Waals surface area contributed by atoms with Crippen molar-refractivity contribution in [2.45, 2.75) is 19.3 Å². The molecule has 2 unspecified atom stereocenters. The van der Waals surface area contributed by atoms with Crippen molar-refractivity contribution in [2.24, 2.45) is 11.8 Å². The normalized spacial score (nSPS) is 21.2. The molecule has 0 aliphatic heterocycles. The number of rotatable bonds is 7. The van der Waals surface area contributed by atoms with Gasteiger partial charge in [0.25, 0.3) is 0 Å². The van der Waals surface area contributed by atoms with E-state index in [0.717, 1.165) is 30.8 Å². The summed E-state index contributed by atoms with van der Waals surface area (Å²) < 4.78 is 5.07. The quantitative estimate of drug-likeness (QED) is 0.714. The zero-order valence-corrected chi connectivity index (χ0v) is 12.5. The summed E-state index contributed by atoms with van der Waals surface area (Å²) in [6.45, 7) is 1.34. The number of methoxy groups -OCH3 is 1. The van der Waals surface area contributed by atoms with Crippen LogP contribution in [0.4, 0.5) is 5.69 Å². The molecule has 1 aliphatic carbocycles. The number of aliphatic hydroxyl groups excluding tert-OH is 1. The van der Waals surface area contributed by atoms with Crippen molar-refractivity contribution in [3.8, 4) is 5.75 Å². The average molecular weight is 292 g/mol. The molecule has 1 aliphatic rings. The van der Waals surface area contributed by atoms with Crippen molar-refractivity contribution in [1.82, 2.24) is 5.32 Å². The van der Waals surface area contributed by atoms with Crippen LogP contribution in [-0.4, -0.2) is 37.8 Å². The Morgan fingerprint density at radius 3 is 2.67 bits per heavy atom. The van der Waals surface area contributed by atoms with E-state index in [9.17, 15) is 9.90 Å². The van der Waals surface area contributed by atoms with Crippen LogP contribution >= 0.6 is 0 Å². The molecule has 0 spiro atoms. The standard InChI is InChI=1S/C16H24N2O3/c1-21-15-7-5-14(6-8-15)18-16(20)10-17-9-12-3-2-4-13(12)11-19/h5-8,12-13,17,19H,2-4,9-11H2,1H3,(H,18,20). The number of hydrogen-bond acceptors (Lipinski definition) is 4. The van der Waals surface area contributed by atoms with E-state index in [1.54, 1.807) is 7.11 Å². The molecule has 2 atom stereocenters. The van der Waals surface area contributed by atoms with Crippen LogP contribution in [0.5, 0.6) is 5.75 Å². The minimum atomic E-state index is -0.0567. The van der Waals surface area contributed by atoms with Crippen molar-refractivity contribution in [2.75, 3.05) is 32.1 Å². The minimum Gasteiger partial charge on any atom is -0.497 e. The van der Waals surface area contributed by atoms with Gasteiger partial charge in [-0.15, -0.1) is 0 Å². The molecular formula is C16H24N2O3. The van der Waals surface area contributed by atoms with Gasteiger partial charge in [-0.25, -0.2) is 0 Å². The molecule has 21 heavy (non-hydrogen) atoms. The molecule has 0 saturated heterocycles. The van der Waals surface area contributed by atoms with Crippen molar-refractivity contribution >= 4 is 11.6 Å². The summed E-state index contributed by atoms with van der Waals surface area (Å²) in [7, 11) is 1.61. The van der Waals surface area contributed by atoms with Gasteiger partial charge in [-0.05, 0) is 55.5 Å². The fraction of sp³-hybridized carbons (Fsp3) is 0.562. The van der Waals surface area contributed by atoms with Crippen molar-refractivity contribution in [3.05, 3.63) is 24.3 Å². The van der Waals surface area contributed by atoms with Gasteiger partial charge in [-0.1, -0.05) is 6.42 Å². The number of nitrogens with one attached hydrogen (secondary N) is 2. The number of hydrogen-bond donors (Lipinski definition) is 3. The van der Waals surface area contributed by atoms with Crippen LogP contribution in [0.15, 0.2) is 24.3 Å². The second kappa shape index (κ2) is 8.00. The maximum Gasteiger partial charge on any atom is 0.238 e. The summed E-state index contributed by atoms with van der Waals surface area (Å²) in [4.78, 5) is 11.8. The molecule has 1 aromatic rings. The Morgan fingerprint density at radius 2 is 2.00 bits per heavy atom. The lowest BCUT2D eigenvalue weighted by Crippen LogP contribution is -2.33. The first-order valence-electron chi connectivity index (χ1n) is 7.48. The third kappa shape index (κ3) is 4.72. The Labute approximate surface area is 125 Å². The average Bonchev–Trinajstić information content (AvgIpc) is 2.95. The van der Waals surface area contributed by atoms with E-state index < -0.39 is 0 Å². The predicted octanol–water partition coefficient (Wildman–Crippen LogP) is 1.63. The number of aliphatic hydroxyl groups is 1. The Hall–Kier alpha value is -1.59. The van der Waals surface area contributed by atoms with Crippen LogP contribution in [-0.2, 0) is 4.79 Å². The molecule has 1 fully saturated rings. The van der Waals surface area contributed by atoms with Crippen molar-refractivity contribution in [1.29, 1.82) is 0 Å². The summed E-state index contributed by atoms with van der Waals surface area (Å²) in [5.41, 5.74) is 0.761. The number of benzene rings is 1. The number of amides is 1. The van der Waals surface area contributed by atoms with Gasteiger partial charge >= 0.3 is 0 Å². The second-order valence-electron chi connectivity index (χ2n) is 5.54. The van der Waals surface area contributed by atoms with Gasteiger partial charge in [0.2, 0.25) is 5.91 Å². The van der Waals surface area contributed by atoms with Gasteiger partial charge in [0.15, 0.2) is 0 Å². The summed E-state index contributed by atoms with van der Waals surface area (Å²) in [5.74, 6) is 1.59. The molecule has 0 aromatic heterocycles. The van der Waals surface area contributed by atoms with E-state index in [4.69, 9.17) is 4.74 Å². The smallest absolute Gasteiger partial charge is 0.238 e. The Morgan fingerprint density at radius 1 is 1.29 bits per heavy atom. The lowest BCUT2D eigenvalue weighted by atomic mass is 9.97. The molecule has 1 aromatic carbocycles. The van der Waals surface area contributed by atoms with Gasteiger partial charge in [-0.3, -0.25) is 4.79 Å². The first-order valence-corrected chi connectivity index (χ1v) is 7.48. The third-order valence-electron chi connectivity index (χ3n) is 4.12. The molecule has 2 rings (SSSR count). The lowest BCUT2D eigenvalue weighted by Gasteiger charge is -2.17. The topological polar surface area (TPSA) is 70.6 Å². The van der Waals surface area contributed by atoms with Gasteiger partial charge in [0, 0.05) is 12.3 Å². The minimum absolute atomic E-state index is 0.0567. The molecule has 116 valence electrons. The fourth-order valence-corrected chi connectivity index (χ4v) is 2.87. The first-order chi connectivity index (χ1) is 10.2. The molecule has 1 saturated carbocycles. The van der Waals surface area contributed by atoms with E-state index in [0.29, 0.717) is 18.4 Å². The van der Waals surface area contributed by atoms with Crippen molar-refractivity contribution in [3.63, 3.8) is 0 Å². The maximum absolute atomic E-state index is 11.8. The molecule has 3 N–H and O–H groups in total. The molecule has 0 heterocycles. The largest absolute Gasteiger partial charge is 0.497 e. The van der Waals surface area contributed by atoms with Crippen LogP contribution in [0.25, 0.3) is 0 Å². The Bertz CT molecular complexity index is 447. The second-order valence-corrected chi connectivity index (χ2v) is 5.54. The highest BCUT2D eigenvalue weighted by molar-refractivity contribution is 5.92. The number of carbonyl (C=O) groups excluding carboxylic acids is 1. The summed E-state index contributed by atoms with van der Waals surface area (Å²) in [6, 6.07) is 7.26. The SMILES string of the molecule is COc1ccc(NC(=O)CNCC2CCCC2CO)cc1. The highest BCUT2D eigenvalue weighted by Gasteiger charge is 2.26. The van der Waals surface area contributed by atoms with E-state index in [2.05, 4.69) is 10.6 Å². The fourth-order valence-electron chi connectivity index (χ4n) is 2.87. The predicted molar refractivity (Wildman–Crippen MR) is 82.4 cm³/mol. The number of anilines is 1. The third-order valence-corrected chi connectivity index (χ3v) is 4.12. The van der Waals surface area contributed by atoms with Crippen LogP contribution in [0.2, 0.25) is 0 Å². The van der Waals surface area contributed by atoms with Crippen LogP contribution in [0.1, 0.15) is 19.3 Å². The zero-order chi connectivity index (χ0) is 15.1. The van der Waals surface area contributed by atoms with Crippen molar-refractivity contribution < 1.29 is 14.6 Å². The molecule has 5 nitrogen and oxygen atoms in total. The first kappa shape index (κ1) is 15.8. The summed E-state index contributed by atoms with van der Waals surface area (Å²) >= 11 is 0. The lowest BCUT2D eigenvalue weighted by molar-refractivity contribution is -0.115. The van der Waals surface area contributed by atoms with E-state index >= 15 is 0 Å². The van der Waals surface area contributed by atoms with Gasteiger partial charge in [-0.2, -0.15) is 0 Å². The maximum atomic E-state index is 11.8. The Kier molecular flexibility index (Phi) is 6.02. The van der Waals surface area contributed by atoms with Gasteiger partial charge < -0.3 is 20.5 Å². The highest BCUT2D eigenvalue weighted by Crippen LogP contribution is 2.30. The Balaban J connectivity index is 1.69. The number of ether oxygens (including phenoxy) is 1. The van der Waals surface area contributed by atoms with Gasteiger partial charge in [0.05, 0.1) is 13.7 Å². The highest BCUT2D eigenvalue weighted by atomic mass is 16.5. The molecule has 1 amide bonds. The van der Waals surface area contributed by atoms with Crippen LogP contribution in [0, 0.1) is 11.8 Å². The van der Waals surface area contributed by atoms with E-state index in [-0.39, 0.29) is 12.5 Å². The molecule has 0 bridgehead atoms. The summed E-state index contributed by atoms with van der Waals surface area (Å²) in [5, 5.41) is 15.3. The zero-order valence-electron chi connectivity index (χ0n) is 12.5. The molecule has 0 radical (unpaired) electrons. The van der Waals surface area contributed by atoms with Crippen LogP contribution in [0.3, 0.4) is 0 Å². The molecular weight excluding hydrogens is 268 g/mol. The molecule has 5 heteroatoms. The van der Waals surface area contributed by atoms with Gasteiger partial charge in [0.1, 0.15) is 5.75 Å².